The molecule has 8 heteroatoms. The molecule has 4 rings (SSSR count). The Morgan fingerprint density at radius 1 is 1.04 bits per heavy atom. The second-order valence-corrected chi connectivity index (χ2v) is 5.37. The van der Waals surface area contributed by atoms with Crippen LogP contribution in [-0.4, -0.2) is 29.3 Å². The van der Waals surface area contributed by atoms with Crippen molar-refractivity contribution < 1.29 is 0 Å². The molecular formula is C17H16N8. The van der Waals surface area contributed by atoms with Crippen molar-refractivity contribution in [3.8, 4) is 11.5 Å². The van der Waals surface area contributed by atoms with Crippen molar-refractivity contribution >= 4 is 11.8 Å². The third kappa shape index (κ3) is 3.18. The molecule has 3 heterocycles. The Kier molecular flexibility index (Phi) is 3.83. The molecule has 0 aliphatic rings. The minimum absolute atomic E-state index is 0.193. The Morgan fingerprint density at radius 3 is 2.76 bits per heavy atom. The third-order valence-electron chi connectivity index (χ3n) is 3.70. The zero-order valence-corrected chi connectivity index (χ0v) is 13.3. The van der Waals surface area contributed by atoms with Crippen molar-refractivity contribution in [2.24, 2.45) is 0 Å². The van der Waals surface area contributed by atoms with Gasteiger partial charge in [-0.3, -0.25) is 0 Å². The van der Waals surface area contributed by atoms with E-state index in [2.05, 4.69) is 31.4 Å². The standard InChI is InChI=1S/C17H16N8/c18-17-22-15(10-16(23-17)25-8-3-6-21-25)20-11-13-4-1-2-5-14(13)24-9-7-19-12-24/h1-10,12H,11H2,(H3,18,20,22,23). The van der Waals surface area contributed by atoms with Gasteiger partial charge in [-0.2, -0.15) is 15.1 Å². The lowest BCUT2D eigenvalue weighted by atomic mass is 10.1. The van der Waals surface area contributed by atoms with Crippen molar-refractivity contribution in [2.45, 2.75) is 6.54 Å². The van der Waals surface area contributed by atoms with Crippen LogP contribution < -0.4 is 11.1 Å². The molecule has 0 radical (unpaired) electrons. The average Bonchev–Trinajstić information content (AvgIpc) is 3.33. The molecule has 25 heavy (non-hydrogen) atoms. The highest BCUT2D eigenvalue weighted by Crippen LogP contribution is 2.17. The number of nitrogen functional groups attached to an aromatic ring is 1. The van der Waals surface area contributed by atoms with Crippen LogP contribution in [0.4, 0.5) is 11.8 Å². The van der Waals surface area contributed by atoms with Crippen LogP contribution in [0.3, 0.4) is 0 Å². The minimum atomic E-state index is 0.193. The van der Waals surface area contributed by atoms with Gasteiger partial charge in [0.1, 0.15) is 5.82 Å². The lowest BCUT2D eigenvalue weighted by Crippen LogP contribution is -2.09. The van der Waals surface area contributed by atoms with Crippen molar-refractivity contribution in [1.82, 2.24) is 29.3 Å². The molecule has 0 spiro atoms. The summed E-state index contributed by atoms with van der Waals surface area (Å²) in [5.41, 5.74) is 7.99. The van der Waals surface area contributed by atoms with E-state index in [1.165, 1.54) is 0 Å². The Morgan fingerprint density at radius 2 is 1.96 bits per heavy atom. The summed E-state index contributed by atoms with van der Waals surface area (Å²) in [5.74, 6) is 1.44. The number of hydrogen-bond acceptors (Lipinski definition) is 6. The molecule has 0 unspecified atom stereocenters. The van der Waals surface area contributed by atoms with Gasteiger partial charge in [0.2, 0.25) is 5.95 Å². The van der Waals surface area contributed by atoms with Crippen molar-refractivity contribution in [3.63, 3.8) is 0 Å². The smallest absolute Gasteiger partial charge is 0.224 e. The first-order valence-electron chi connectivity index (χ1n) is 7.74. The summed E-state index contributed by atoms with van der Waals surface area (Å²) in [4.78, 5) is 12.6. The average molecular weight is 332 g/mol. The number of hydrogen-bond donors (Lipinski definition) is 2. The molecule has 0 saturated heterocycles. The zero-order chi connectivity index (χ0) is 17.1. The first-order chi connectivity index (χ1) is 12.3. The summed E-state index contributed by atoms with van der Waals surface area (Å²) in [5, 5.41) is 7.47. The highest BCUT2D eigenvalue weighted by atomic mass is 15.3. The second-order valence-electron chi connectivity index (χ2n) is 5.37. The molecule has 124 valence electrons. The summed E-state index contributed by atoms with van der Waals surface area (Å²) < 4.78 is 3.61. The Labute approximate surface area is 144 Å². The normalized spacial score (nSPS) is 10.7. The van der Waals surface area contributed by atoms with Gasteiger partial charge in [0.25, 0.3) is 0 Å². The van der Waals surface area contributed by atoms with Gasteiger partial charge in [0.15, 0.2) is 5.82 Å². The first kappa shape index (κ1) is 14.9. The monoisotopic (exact) mass is 332 g/mol. The van der Waals surface area contributed by atoms with E-state index in [-0.39, 0.29) is 5.95 Å². The lowest BCUT2D eigenvalue weighted by Gasteiger charge is -2.12. The van der Waals surface area contributed by atoms with Crippen LogP contribution in [0.25, 0.3) is 11.5 Å². The van der Waals surface area contributed by atoms with Crippen molar-refractivity contribution in [1.29, 1.82) is 0 Å². The summed E-state index contributed by atoms with van der Waals surface area (Å²) in [7, 11) is 0. The van der Waals surface area contributed by atoms with Crippen LogP contribution in [0.2, 0.25) is 0 Å². The molecule has 0 saturated carbocycles. The zero-order valence-electron chi connectivity index (χ0n) is 13.3. The summed E-state index contributed by atoms with van der Waals surface area (Å²) in [6.07, 6.45) is 8.94. The van der Waals surface area contributed by atoms with E-state index in [0.29, 0.717) is 18.2 Å². The van der Waals surface area contributed by atoms with Crippen LogP contribution in [0.1, 0.15) is 5.56 Å². The molecule has 4 aromatic rings. The molecular weight excluding hydrogens is 316 g/mol. The molecule has 0 atom stereocenters. The lowest BCUT2D eigenvalue weighted by molar-refractivity contribution is 0.842. The van der Waals surface area contributed by atoms with Crippen molar-refractivity contribution in [3.05, 3.63) is 73.1 Å². The molecule has 3 N–H and O–H groups in total. The molecule has 0 aliphatic carbocycles. The highest BCUT2D eigenvalue weighted by Gasteiger charge is 2.07. The van der Waals surface area contributed by atoms with Gasteiger partial charge in [-0.15, -0.1) is 0 Å². The van der Waals surface area contributed by atoms with Gasteiger partial charge in [-0.05, 0) is 17.7 Å². The van der Waals surface area contributed by atoms with Gasteiger partial charge >= 0.3 is 0 Å². The maximum Gasteiger partial charge on any atom is 0.224 e. The Balaban J connectivity index is 1.59. The van der Waals surface area contributed by atoms with E-state index in [4.69, 9.17) is 5.73 Å². The van der Waals surface area contributed by atoms with E-state index in [0.717, 1.165) is 11.3 Å². The van der Waals surface area contributed by atoms with Crippen LogP contribution in [0.5, 0.6) is 0 Å². The van der Waals surface area contributed by atoms with Crippen molar-refractivity contribution in [2.75, 3.05) is 11.1 Å². The number of nitrogens with one attached hydrogen (secondary N) is 1. The fraction of sp³-hybridized carbons (Fsp3) is 0.0588. The Hall–Kier alpha value is -3.68. The first-order valence-corrected chi connectivity index (χ1v) is 7.74. The molecule has 0 aliphatic heterocycles. The number of aromatic nitrogens is 6. The largest absolute Gasteiger partial charge is 0.368 e. The summed E-state index contributed by atoms with van der Waals surface area (Å²) >= 11 is 0. The number of rotatable bonds is 5. The maximum atomic E-state index is 5.83. The van der Waals surface area contributed by atoms with E-state index in [9.17, 15) is 0 Å². The molecule has 0 bridgehead atoms. The molecule has 0 amide bonds. The van der Waals surface area contributed by atoms with E-state index in [1.54, 1.807) is 29.6 Å². The molecule has 0 fully saturated rings. The third-order valence-corrected chi connectivity index (χ3v) is 3.70. The molecule has 1 aromatic carbocycles. The Bertz CT molecular complexity index is 960. The van der Waals surface area contributed by atoms with Crippen LogP contribution in [0, 0.1) is 0 Å². The van der Waals surface area contributed by atoms with Gasteiger partial charge in [-0.1, -0.05) is 18.2 Å². The number of nitrogens with zero attached hydrogens (tertiary/aromatic N) is 6. The van der Waals surface area contributed by atoms with Gasteiger partial charge < -0.3 is 15.6 Å². The topological polar surface area (TPSA) is 99.5 Å². The van der Waals surface area contributed by atoms with Gasteiger partial charge in [0.05, 0.1) is 12.0 Å². The van der Waals surface area contributed by atoms with Crippen LogP contribution >= 0.6 is 0 Å². The molecule has 3 aromatic heterocycles. The summed E-state index contributed by atoms with van der Waals surface area (Å²) in [6, 6.07) is 11.7. The number of para-hydroxylation sites is 1. The fourth-order valence-electron chi connectivity index (χ4n) is 2.56. The van der Waals surface area contributed by atoms with Gasteiger partial charge in [-0.25, -0.2) is 9.67 Å². The fourth-order valence-corrected chi connectivity index (χ4v) is 2.56. The van der Waals surface area contributed by atoms with E-state index in [1.807, 2.05) is 41.1 Å². The predicted molar refractivity (Wildman–Crippen MR) is 94.5 cm³/mol. The minimum Gasteiger partial charge on any atom is -0.368 e. The predicted octanol–water partition coefficient (Wildman–Crippen LogP) is 2.04. The summed E-state index contributed by atoms with van der Waals surface area (Å²) in [6.45, 7) is 0.587. The second kappa shape index (κ2) is 6.44. The quantitative estimate of drug-likeness (QED) is 0.580. The van der Waals surface area contributed by atoms with E-state index >= 15 is 0 Å². The van der Waals surface area contributed by atoms with Crippen LogP contribution in [-0.2, 0) is 6.54 Å². The SMILES string of the molecule is Nc1nc(NCc2ccccc2-n2ccnc2)cc(-n2cccn2)n1. The van der Waals surface area contributed by atoms with E-state index < -0.39 is 0 Å². The number of imidazole rings is 1. The number of anilines is 2. The maximum absolute atomic E-state index is 5.83. The van der Waals surface area contributed by atoms with Gasteiger partial charge in [0, 0.05) is 37.4 Å². The number of nitrogens with two attached hydrogens (primary N) is 1. The van der Waals surface area contributed by atoms with Crippen LogP contribution in [0.15, 0.2) is 67.5 Å². The molecule has 8 nitrogen and oxygen atoms in total. The highest BCUT2D eigenvalue weighted by molar-refractivity contribution is 5.48. The number of benzene rings is 1.